The maximum absolute atomic E-state index is 13.0. The second kappa shape index (κ2) is 45.6. The Morgan fingerprint density at radius 3 is 1.45 bits per heavy atom. The van der Waals surface area contributed by atoms with Gasteiger partial charge in [0.1, 0.15) is 18.8 Å². The summed E-state index contributed by atoms with van der Waals surface area (Å²) in [5.74, 6) is -3.15. The summed E-state index contributed by atoms with van der Waals surface area (Å²) in [6.07, 6.45) is 42.1. The molecule has 0 aromatic rings. The average Bonchev–Trinajstić information content (AvgIpc) is 3.33. The first-order valence-electron chi connectivity index (χ1n) is 27.3. The Labute approximate surface area is 417 Å². The molecular formula is C57H96O12. The smallest absolute Gasteiger partial charge is 0.335 e. The number of hydrogen-bond acceptors (Lipinski definition) is 11. The van der Waals surface area contributed by atoms with Gasteiger partial charge in [-0.15, -0.1) is 0 Å². The van der Waals surface area contributed by atoms with E-state index >= 15 is 0 Å². The molecule has 0 amide bonds. The monoisotopic (exact) mass is 973 g/mol. The van der Waals surface area contributed by atoms with Crippen LogP contribution >= 0.6 is 0 Å². The Balaban J connectivity index is 2.69. The first kappa shape index (κ1) is 63.4. The summed E-state index contributed by atoms with van der Waals surface area (Å²) < 4.78 is 28.3. The van der Waals surface area contributed by atoms with Gasteiger partial charge in [-0.05, 0) is 77.0 Å². The molecule has 0 aromatic heterocycles. The molecule has 6 unspecified atom stereocenters. The largest absolute Gasteiger partial charge is 0.479 e. The Hall–Kier alpha value is -3.58. The van der Waals surface area contributed by atoms with Gasteiger partial charge in [-0.3, -0.25) is 14.4 Å². The minimum absolute atomic E-state index is 0.0478. The predicted octanol–water partition coefficient (Wildman–Crippen LogP) is 13.2. The summed E-state index contributed by atoms with van der Waals surface area (Å²) in [7, 11) is 0. The van der Waals surface area contributed by atoms with Crippen molar-refractivity contribution >= 4 is 23.9 Å². The van der Waals surface area contributed by atoms with Gasteiger partial charge in [-0.1, -0.05) is 191 Å². The summed E-state index contributed by atoms with van der Waals surface area (Å²) in [4.78, 5) is 50.8. The Morgan fingerprint density at radius 2 is 0.942 bits per heavy atom. The number of esters is 3. The number of carbonyl (C=O) groups is 4. The third kappa shape index (κ3) is 36.1. The molecule has 396 valence electrons. The van der Waals surface area contributed by atoms with Gasteiger partial charge in [0, 0.05) is 19.3 Å². The molecule has 1 fully saturated rings. The van der Waals surface area contributed by atoms with Crippen LogP contribution in [0.4, 0.5) is 0 Å². The third-order valence-electron chi connectivity index (χ3n) is 12.1. The number of hydrogen-bond donors (Lipinski definition) is 3. The van der Waals surface area contributed by atoms with Crippen LogP contribution in [-0.2, 0) is 42.9 Å². The molecule has 1 heterocycles. The Kier molecular flexibility index (Phi) is 41.9. The van der Waals surface area contributed by atoms with Gasteiger partial charge in [-0.25, -0.2) is 4.79 Å². The number of aliphatic carboxylic acids is 1. The SMILES string of the molecule is CC/C=C\C/C=C\C/C=C\CCCCCCCCCC(=O)OC1C(OCC(COC(=O)CCCCCCC/C=C\C/C=C\CCC)OC(=O)CCCCCCCCCCC)OC(C(=O)O)C(O)C1O. The number of ether oxygens (including phenoxy) is 5. The van der Waals surface area contributed by atoms with Crippen molar-refractivity contribution in [3.05, 3.63) is 60.8 Å². The molecule has 69 heavy (non-hydrogen) atoms. The van der Waals surface area contributed by atoms with E-state index in [-0.39, 0.29) is 25.9 Å². The number of unbranched alkanes of at least 4 members (excludes halogenated alkanes) is 21. The first-order chi connectivity index (χ1) is 33.6. The van der Waals surface area contributed by atoms with Crippen LogP contribution in [0.25, 0.3) is 0 Å². The molecule has 0 aromatic carbocycles. The van der Waals surface area contributed by atoms with E-state index in [0.717, 1.165) is 135 Å². The predicted molar refractivity (Wildman–Crippen MR) is 275 cm³/mol. The number of rotatable bonds is 45. The van der Waals surface area contributed by atoms with Crippen LogP contribution in [0, 0.1) is 0 Å². The van der Waals surface area contributed by atoms with Crippen LogP contribution in [0.1, 0.15) is 226 Å². The zero-order chi connectivity index (χ0) is 50.4. The van der Waals surface area contributed by atoms with E-state index in [1.165, 1.54) is 32.1 Å². The van der Waals surface area contributed by atoms with Gasteiger partial charge in [0.2, 0.25) is 0 Å². The zero-order valence-electron chi connectivity index (χ0n) is 43.3. The standard InChI is InChI=1S/C57H96O12/c1-4-7-10-13-16-19-21-23-24-25-26-28-30-33-36-39-42-45-51(60)68-55-53(62)52(61)54(56(63)64)69-57(55)66-47-48(67-50(59)44-41-38-35-31-18-15-12-9-6-3)46-65-49(58)43-40-37-34-32-29-27-22-20-17-14-11-8-5-2/h7,10-11,14,16,19-20,22-24,48,52-55,57,61-62H,4-6,8-9,12-13,15,17-18,21,25-47H2,1-3H3,(H,63,64)/b10-7-,14-11-,19-16-,22-20-,24-23-. The van der Waals surface area contributed by atoms with E-state index in [9.17, 15) is 34.5 Å². The maximum Gasteiger partial charge on any atom is 0.335 e. The Morgan fingerprint density at radius 1 is 0.493 bits per heavy atom. The van der Waals surface area contributed by atoms with Crippen molar-refractivity contribution in [3.8, 4) is 0 Å². The number of carboxylic acid groups (broad SMARTS) is 1. The van der Waals surface area contributed by atoms with Gasteiger partial charge in [-0.2, -0.15) is 0 Å². The summed E-state index contributed by atoms with van der Waals surface area (Å²) in [6, 6.07) is 0. The molecule has 3 N–H and O–H groups in total. The van der Waals surface area contributed by atoms with E-state index in [1.54, 1.807) is 0 Å². The van der Waals surface area contributed by atoms with E-state index in [1.807, 2.05) is 0 Å². The molecule has 1 saturated heterocycles. The molecule has 6 atom stereocenters. The highest BCUT2D eigenvalue weighted by Gasteiger charge is 2.50. The fraction of sp³-hybridized carbons (Fsp3) is 0.754. The fourth-order valence-electron chi connectivity index (χ4n) is 7.89. The quantitative estimate of drug-likeness (QED) is 0.0228. The first-order valence-corrected chi connectivity index (χ1v) is 27.3. The Bertz CT molecular complexity index is 1440. The van der Waals surface area contributed by atoms with Crippen molar-refractivity contribution in [3.63, 3.8) is 0 Å². The fourth-order valence-corrected chi connectivity index (χ4v) is 7.89. The van der Waals surface area contributed by atoms with Crippen LogP contribution in [0.2, 0.25) is 0 Å². The number of carbonyl (C=O) groups excluding carboxylic acids is 3. The minimum Gasteiger partial charge on any atom is -0.479 e. The van der Waals surface area contributed by atoms with Gasteiger partial charge in [0.05, 0.1) is 6.61 Å². The summed E-state index contributed by atoms with van der Waals surface area (Å²) in [5, 5.41) is 31.4. The van der Waals surface area contributed by atoms with Crippen LogP contribution in [0.5, 0.6) is 0 Å². The highest BCUT2D eigenvalue weighted by Crippen LogP contribution is 2.26. The van der Waals surface area contributed by atoms with Crippen molar-refractivity contribution in [2.24, 2.45) is 0 Å². The molecule has 0 bridgehead atoms. The molecule has 0 saturated carbocycles. The number of carboxylic acids is 1. The van der Waals surface area contributed by atoms with E-state index in [0.29, 0.717) is 19.3 Å². The number of allylic oxidation sites excluding steroid dienone is 10. The lowest BCUT2D eigenvalue weighted by Gasteiger charge is -2.40. The van der Waals surface area contributed by atoms with Crippen molar-refractivity contribution in [2.45, 2.75) is 263 Å². The van der Waals surface area contributed by atoms with Crippen LogP contribution in [-0.4, -0.2) is 89.2 Å². The molecule has 0 spiro atoms. The molecule has 0 radical (unpaired) electrons. The van der Waals surface area contributed by atoms with Crippen LogP contribution in [0.15, 0.2) is 60.8 Å². The van der Waals surface area contributed by atoms with Crippen LogP contribution in [0.3, 0.4) is 0 Å². The molecule has 1 aliphatic rings. The number of aliphatic hydroxyl groups is 2. The molecule has 0 aliphatic carbocycles. The second-order valence-electron chi connectivity index (χ2n) is 18.5. The zero-order valence-corrected chi connectivity index (χ0v) is 43.3. The van der Waals surface area contributed by atoms with Crippen molar-refractivity contribution in [2.75, 3.05) is 13.2 Å². The van der Waals surface area contributed by atoms with E-state index < -0.39 is 67.3 Å². The lowest BCUT2D eigenvalue weighted by molar-refractivity contribution is -0.301. The van der Waals surface area contributed by atoms with Crippen molar-refractivity contribution in [1.82, 2.24) is 0 Å². The molecule has 12 heteroatoms. The third-order valence-corrected chi connectivity index (χ3v) is 12.1. The van der Waals surface area contributed by atoms with Gasteiger partial charge in [0.25, 0.3) is 0 Å². The topological polar surface area (TPSA) is 175 Å². The normalized spacial score (nSPS) is 19.1. The summed E-state index contributed by atoms with van der Waals surface area (Å²) in [5.41, 5.74) is 0. The van der Waals surface area contributed by atoms with E-state index in [4.69, 9.17) is 23.7 Å². The molecule has 1 aliphatic heterocycles. The second-order valence-corrected chi connectivity index (χ2v) is 18.5. The minimum atomic E-state index is -1.91. The summed E-state index contributed by atoms with van der Waals surface area (Å²) >= 11 is 0. The van der Waals surface area contributed by atoms with Crippen molar-refractivity contribution < 1.29 is 58.2 Å². The molecule has 12 nitrogen and oxygen atoms in total. The van der Waals surface area contributed by atoms with E-state index in [2.05, 4.69) is 81.5 Å². The lowest BCUT2D eigenvalue weighted by atomic mass is 9.98. The number of aliphatic hydroxyl groups excluding tert-OH is 2. The van der Waals surface area contributed by atoms with Gasteiger partial charge < -0.3 is 39.0 Å². The van der Waals surface area contributed by atoms with Gasteiger partial charge in [0.15, 0.2) is 24.6 Å². The summed E-state index contributed by atoms with van der Waals surface area (Å²) in [6.45, 7) is 5.76. The van der Waals surface area contributed by atoms with Crippen LogP contribution < -0.4 is 0 Å². The highest BCUT2D eigenvalue weighted by atomic mass is 16.7. The van der Waals surface area contributed by atoms with Crippen molar-refractivity contribution in [1.29, 1.82) is 0 Å². The van der Waals surface area contributed by atoms with Gasteiger partial charge >= 0.3 is 23.9 Å². The molecule has 1 rings (SSSR count). The average molecular weight is 973 g/mol. The highest BCUT2D eigenvalue weighted by molar-refractivity contribution is 5.74. The lowest BCUT2D eigenvalue weighted by Crippen LogP contribution is -2.61. The maximum atomic E-state index is 13.0. The molecular weight excluding hydrogens is 877 g/mol.